The van der Waals surface area contributed by atoms with E-state index in [0.29, 0.717) is 0 Å². The van der Waals surface area contributed by atoms with Crippen LogP contribution in [0.1, 0.15) is 25.0 Å². The molecule has 0 N–H and O–H groups in total. The SMILES string of the molecule is CC1(C)c2ccccc2N(c2cccc3c2ccc2cc4ccccc4cc23)c2ccc3c(c21)c1ccccc1n3-c1cccc2c1ccc1cc3ccccc3cc12. The number of anilines is 3. The van der Waals surface area contributed by atoms with Gasteiger partial charge in [-0.2, -0.15) is 0 Å². The minimum Gasteiger partial charge on any atom is -0.309 e. The molecule has 0 amide bonds. The van der Waals surface area contributed by atoms with Crippen LogP contribution in [0.5, 0.6) is 0 Å². The summed E-state index contributed by atoms with van der Waals surface area (Å²) in [5, 5.41) is 17.8. The fourth-order valence-electron chi connectivity index (χ4n) is 10.8. The van der Waals surface area contributed by atoms with Crippen molar-refractivity contribution < 1.29 is 0 Å². The molecule has 1 aliphatic heterocycles. The number of rotatable bonds is 2. The van der Waals surface area contributed by atoms with E-state index in [-0.39, 0.29) is 5.41 Å². The standard InChI is InChI=1S/C57H38N2/c1-57(2)48-20-8-10-22-52(48)59(50-24-12-19-42-44(50)28-26-40-32-36-14-4-6-16-38(36)34-47(40)42)54-30-29-53-55(56(54)57)45-17-7-9-21-51(45)58(53)49-23-11-18-41-43(49)27-25-39-31-35-13-3-5-15-37(35)33-46(39)41/h3-34H,1-2H3. The summed E-state index contributed by atoms with van der Waals surface area (Å²) in [7, 11) is 0. The van der Waals surface area contributed by atoms with Crippen LogP contribution in [0.2, 0.25) is 0 Å². The van der Waals surface area contributed by atoms with Gasteiger partial charge >= 0.3 is 0 Å². The third-order valence-electron chi connectivity index (χ3n) is 13.4. The summed E-state index contributed by atoms with van der Waals surface area (Å²) in [6, 6.07) is 72.6. The Morgan fingerprint density at radius 3 is 1.53 bits per heavy atom. The van der Waals surface area contributed by atoms with Gasteiger partial charge in [0, 0.05) is 27.0 Å². The zero-order chi connectivity index (χ0) is 39.0. The van der Waals surface area contributed by atoms with E-state index >= 15 is 0 Å². The van der Waals surface area contributed by atoms with Crippen LogP contribution in [0.3, 0.4) is 0 Å². The zero-order valence-corrected chi connectivity index (χ0v) is 32.9. The highest BCUT2D eigenvalue weighted by atomic mass is 15.2. The Balaban J connectivity index is 1.10. The number of hydrogen-bond acceptors (Lipinski definition) is 1. The summed E-state index contributed by atoms with van der Waals surface area (Å²) >= 11 is 0. The average Bonchev–Trinajstić information content (AvgIpc) is 3.61. The molecule has 0 bridgehead atoms. The lowest BCUT2D eigenvalue weighted by atomic mass is 9.72. The maximum absolute atomic E-state index is 2.55. The summed E-state index contributed by atoms with van der Waals surface area (Å²) < 4.78 is 2.52. The van der Waals surface area contributed by atoms with Gasteiger partial charge in [0.15, 0.2) is 0 Å². The second-order valence-electron chi connectivity index (χ2n) is 16.9. The first-order chi connectivity index (χ1) is 29.0. The van der Waals surface area contributed by atoms with Crippen molar-refractivity contribution >= 4 is 104 Å². The molecular formula is C57H38N2. The molecule has 276 valence electrons. The van der Waals surface area contributed by atoms with Crippen LogP contribution >= 0.6 is 0 Å². The summed E-state index contributed by atoms with van der Waals surface area (Å²) in [4.78, 5) is 2.55. The smallest absolute Gasteiger partial charge is 0.0545 e. The Kier molecular flexibility index (Phi) is 6.54. The highest BCUT2D eigenvalue weighted by Gasteiger charge is 2.39. The number of nitrogens with zero attached hydrogens (tertiary/aromatic N) is 2. The van der Waals surface area contributed by atoms with E-state index in [1.54, 1.807) is 0 Å². The molecule has 0 atom stereocenters. The number of benzene rings is 11. The van der Waals surface area contributed by atoms with E-state index in [1.807, 2.05) is 0 Å². The van der Waals surface area contributed by atoms with Crippen molar-refractivity contribution in [1.29, 1.82) is 0 Å². The average molecular weight is 751 g/mol. The molecule has 1 aliphatic rings. The highest BCUT2D eigenvalue weighted by molar-refractivity contribution is 6.20. The number of para-hydroxylation sites is 2. The van der Waals surface area contributed by atoms with Gasteiger partial charge in [0.2, 0.25) is 0 Å². The molecule has 0 aliphatic carbocycles. The lowest BCUT2D eigenvalue weighted by molar-refractivity contribution is 0.638. The monoisotopic (exact) mass is 750 g/mol. The Morgan fingerprint density at radius 2 is 0.847 bits per heavy atom. The molecule has 0 radical (unpaired) electrons. The minimum absolute atomic E-state index is 0.289. The predicted molar refractivity (Wildman–Crippen MR) is 253 cm³/mol. The molecule has 0 spiro atoms. The molecule has 59 heavy (non-hydrogen) atoms. The molecular weight excluding hydrogens is 713 g/mol. The third-order valence-corrected chi connectivity index (χ3v) is 13.4. The van der Waals surface area contributed by atoms with Crippen molar-refractivity contribution in [1.82, 2.24) is 4.57 Å². The molecule has 2 heteroatoms. The quantitative estimate of drug-likeness (QED) is 0.126. The minimum atomic E-state index is -0.289. The second kappa shape index (κ2) is 11.8. The molecule has 0 unspecified atom stereocenters. The van der Waals surface area contributed by atoms with Gasteiger partial charge < -0.3 is 9.47 Å². The summed E-state index contributed by atoms with van der Waals surface area (Å²) in [6.45, 7) is 4.84. The Labute approximate surface area is 341 Å². The number of aromatic nitrogens is 1. The molecule has 0 fully saturated rings. The van der Waals surface area contributed by atoms with Gasteiger partial charge in [0.25, 0.3) is 0 Å². The third kappa shape index (κ3) is 4.46. The molecule has 1 aromatic heterocycles. The fourth-order valence-corrected chi connectivity index (χ4v) is 10.8. The van der Waals surface area contributed by atoms with Crippen molar-refractivity contribution in [3.05, 3.63) is 205 Å². The van der Waals surface area contributed by atoms with Crippen LogP contribution in [0.15, 0.2) is 194 Å². The van der Waals surface area contributed by atoms with Crippen LogP contribution in [0.25, 0.3) is 92.1 Å². The van der Waals surface area contributed by atoms with E-state index in [2.05, 4.69) is 217 Å². The van der Waals surface area contributed by atoms with Gasteiger partial charge in [-0.15, -0.1) is 0 Å². The van der Waals surface area contributed by atoms with E-state index in [4.69, 9.17) is 0 Å². The van der Waals surface area contributed by atoms with Gasteiger partial charge in [0.1, 0.15) is 0 Å². The van der Waals surface area contributed by atoms with Crippen LogP contribution in [-0.4, -0.2) is 4.57 Å². The molecule has 2 heterocycles. The second-order valence-corrected chi connectivity index (χ2v) is 16.9. The summed E-state index contributed by atoms with van der Waals surface area (Å²) in [5.41, 5.74) is 9.67. The molecule has 12 aromatic rings. The van der Waals surface area contributed by atoms with Crippen LogP contribution in [0.4, 0.5) is 17.1 Å². The maximum Gasteiger partial charge on any atom is 0.0545 e. The van der Waals surface area contributed by atoms with Crippen molar-refractivity contribution in [3.63, 3.8) is 0 Å². The van der Waals surface area contributed by atoms with Crippen LogP contribution in [0, 0.1) is 0 Å². The molecule has 11 aromatic carbocycles. The van der Waals surface area contributed by atoms with E-state index in [1.165, 1.54) is 120 Å². The number of hydrogen-bond donors (Lipinski definition) is 0. The normalized spacial score (nSPS) is 13.7. The zero-order valence-electron chi connectivity index (χ0n) is 32.9. The maximum atomic E-state index is 2.55. The Bertz CT molecular complexity index is 3770. The fraction of sp³-hybridized carbons (Fsp3) is 0.0526. The largest absolute Gasteiger partial charge is 0.309 e. The van der Waals surface area contributed by atoms with Crippen molar-refractivity contribution in [2.24, 2.45) is 0 Å². The lowest BCUT2D eigenvalue weighted by Crippen LogP contribution is -2.31. The first-order valence-electron chi connectivity index (χ1n) is 20.7. The molecule has 0 saturated heterocycles. The summed E-state index contributed by atoms with van der Waals surface area (Å²) in [6.07, 6.45) is 0. The Hall–Kier alpha value is -7.42. The highest BCUT2D eigenvalue weighted by Crippen LogP contribution is 2.56. The summed E-state index contributed by atoms with van der Waals surface area (Å²) in [5.74, 6) is 0. The van der Waals surface area contributed by atoms with E-state index in [9.17, 15) is 0 Å². The van der Waals surface area contributed by atoms with Gasteiger partial charge in [-0.3, -0.25) is 0 Å². The van der Waals surface area contributed by atoms with E-state index < -0.39 is 0 Å². The van der Waals surface area contributed by atoms with Crippen LogP contribution < -0.4 is 4.90 Å². The van der Waals surface area contributed by atoms with Gasteiger partial charge in [-0.05, 0) is 126 Å². The predicted octanol–water partition coefficient (Wildman–Crippen LogP) is 15.8. The van der Waals surface area contributed by atoms with Crippen molar-refractivity contribution in [3.8, 4) is 5.69 Å². The van der Waals surface area contributed by atoms with Gasteiger partial charge in [0.05, 0.1) is 33.8 Å². The van der Waals surface area contributed by atoms with Crippen LogP contribution in [-0.2, 0) is 5.41 Å². The van der Waals surface area contributed by atoms with E-state index in [0.717, 1.165) is 0 Å². The molecule has 13 rings (SSSR count). The topological polar surface area (TPSA) is 8.17 Å². The molecule has 2 nitrogen and oxygen atoms in total. The number of fused-ring (bicyclic) bond motifs is 14. The first-order valence-corrected chi connectivity index (χ1v) is 20.7. The van der Waals surface area contributed by atoms with Gasteiger partial charge in [-0.25, -0.2) is 0 Å². The lowest BCUT2D eigenvalue weighted by Gasteiger charge is -2.43. The first kappa shape index (κ1) is 32.6. The Morgan fingerprint density at radius 1 is 0.322 bits per heavy atom. The van der Waals surface area contributed by atoms with Crippen molar-refractivity contribution in [2.45, 2.75) is 19.3 Å². The van der Waals surface area contributed by atoms with Crippen molar-refractivity contribution in [2.75, 3.05) is 4.90 Å². The van der Waals surface area contributed by atoms with Gasteiger partial charge in [-0.1, -0.05) is 147 Å². The molecule has 0 saturated carbocycles.